The van der Waals surface area contributed by atoms with E-state index in [0.717, 1.165) is 48.3 Å². The SMILES string of the molecule is CCO[Si](CCCSSSCCC1CCC(CCSSSCCC[Si](OCC)(OCC)OCC)CC1)(OCC)OCC. The lowest BCUT2D eigenvalue weighted by atomic mass is 9.80. The molecule has 0 atom stereocenters. The van der Waals surface area contributed by atoms with Gasteiger partial charge in [-0.3, -0.25) is 0 Å². The summed E-state index contributed by atoms with van der Waals surface area (Å²) in [6, 6.07) is 1.83. The third-order valence-electron chi connectivity index (χ3n) is 6.98. The van der Waals surface area contributed by atoms with Crippen LogP contribution in [0.15, 0.2) is 0 Å². The normalized spacial score (nSPS) is 18.1. The van der Waals surface area contributed by atoms with E-state index in [0.29, 0.717) is 39.6 Å². The molecule has 1 saturated carbocycles. The van der Waals surface area contributed by atoms with Crippen molar-refractivity contribution in [3.63, 3.8) is 0 Å². The van der Waals surface area contributed by atoms with E-state index in [-0.39, 0.29) is 0 Å². The molecule has 1 rings (SSSR count). The first-order valence-electron chi connectivity index (χ1n) is 16.2. The molecule has 1 fully saturated rings. The van der Waals surface area contributed by atoms with Crippen LogP contribution in [0.3, 0.4) is 0 Å². The first-order valence-corrected chi connectivity index (χ1v) is 27.7. The van der Waals surface area contributed by atoms with Crippen molar-refractivity contribution in [3.05, 3.63) is 0 Å². The van der Waals surface area contributed by atoms with Crippen molar-refractivity contribution in [2.45, 2.75) is 105 Å². The van der Waals surface area contributed by atoms with Gasteiger partial charge in [0, 0.05) is 74.7 Å². The van der Waals surface area contributed by atoms with Gasteiger partial charge in [0.1, 0.15) is 0 Å². The van der Waals surface area contributed by atoms with Gasteiger partial charge in [0.2, 0.25) is 0 Å². The highest BCUT2D eigenvalue weighted by molar-refractivity contribution is 9.09. The Hall–Kier alpha value is 2.29. The van der Waals surface area contributed by atoms with Gasteiger partial charge < -0.3 is 26.6 Å². The highest BCUT2D eigenvalue weighted by Crippen LogP contribution is 2.41. The maximum Gasteiger partial charge on any atom is 0.500 e. The predicted octanol–water partition coefficient (Wildman–Crippen LogP) is 10.5. The van der Waals surface area contributed by atoms with Gasteiger partial charge in [-0.05, 0) is 98.7 Å². The Bertz CT molecular complexity index is 527. The molecule has 0 heterocycles. The maximum atomic E-state index is 5.96. The lowest BCUT2D eigenvalue weighted by molar-refractivity contribution is 0.0704. The average molecular weight is 741 g/mol. The van der Waals surface area contributed by atoms with E-state index < -0.39 is 17.6 Å². The van der Waals surface area contributed by atoms with Gasteiger partial charge >= 0.3 is 17.6 Å². The molecule has 0 saturated heterocycles. The molecular weight excluding hydrogens is 681 g/mol. The molecule has 6 nitrogen and oxygen atoms in total. The summed E-state index contributed by atoms with van der Waals surface area (Å²) < 4.78 is 35.8. The van der Waals surface area contributed by atoms with Crippen LogP contribution in [0.2, 0.25) is 12.1 Å². The summed E-state index contributed by atoms with van der Waals surface area (Å²) in [4.78, 5) is 0. The molecule has 0 aromatic heterocycles. The lowest BCUT2D eigenvalue weighted by Gasteiger charge is -2.28. The van der Waals surface area contributed by atoms with Crippen LogP contribution in [0.25, 0.3) is 0 Å². The lowest BCUT2D eigenvalue weighted by Crippen LogP contribution is -2.46. The first-order chi connectivity index (χ1) is 20.5. The number of rotatable bonds is 30. The molecule has 1 aliphatic rings. The Balaban J connectivity index is 2.02. The van der Waals surface area contributed by atoms with E-state index in [2.05, 4.69) is 0 Å². The van der Waals surface area contributed by atoms with Crippen molar-refractivity contribution in [1.29, 1.82) is 0 Å². The monoisotopic (exact) mass is 740 g/mol. The fourth-order valence-electron chi connectivity index (χ4n) is 5.14. The van der Waals surface area contributed by atoms with E-state index in [4.69, 9.17) is 26.6 Å². The quantitative estimate of drug-likeness (QED) is 0.0400. The maximum absolute atomic E-state index is 5.96. The molecule has 0 bridgehead atoms. The van der Waals surface area contributed by atoms with Crippen molar-refractivity contribution in [3.8, 4) is 0 Å². The Morgan fingerprint density at radius 3 is 1.02 bits per heavy atom. The van der Waals surface area contributed by atoms with E-state index in [1.54, 1.807) is 0 Å². The van der Waals surface area contributed by atoms with Crippen LogP contribution in [-0.2, 0) is 26.6 Å². The van der Waals surface area contributed by atoms with Crippen LogP contribution in [0.1, 0.15) is 92.9 Å². The summed E-state index contributed by atoms with van der Waals surface area (Å²) in [5.74, 6) is 6.67. The van der Waals surface area contributed by atoms with E-state index in [9.17, 15) is 0 Å². The fraction of sp³-hybridized carbons (Fsp3) is 1.00. The van der Waals surface area contributed by atoms with Gasteiger partial charge in [-0.25, -0.2) is 0 Å². The molecule has 0 radical (unpaired) electrons. The second kappa shape index (κ2) is 28.3. The third kappa shape index (κ3) is 19.8. The van der Waals surface area contributed by atoms with Crippen LogP contribution in [0.4, 0.5) is 0 Å². The van der Waals surface area contributed by atoms with E-state index >= 15 is 0 Å². The van der Waals surface area contributed by atoms with Crippen LogP contribution in [0.5, 0.6) is 0 Å². The zero-order valence-electron chi connectivity index (χ0n) is 27.2. The summed E-state index contributed by atoms with van der Waals surface area (Å²) in [6.45, 7) is 16.1. The van der Waals surface area contributed by atoms with Crippen molar-refractivity contribution in [2.24, 2.45) is 11.8 Å². The second-order valence-corrected chi connectivity index (χ2v) is 24.5. The van der Waals surface area contributed by atoms with Crippen molar-refractivity contribution in [2.75, 3.05) is 62.7 Å². The fourth-order valence-corrected chi connectivity index (χ4v) is 18.9. The molecule has 0 unspecified atom stereocenters. The Morgan fingerprint density at radius 1 is 0.452 bits per heavy atom. The first kappa shape index (κ1) is 42.3. The molecule has 0 N–H and O–H groups in total. The Morgan fingerprint density at radius 2 is 0.738 bits per heavy atom. The minimum atomic E-state index is -2.47. The summed E-state index contributed by atoms with van der Waals surface area (Å²) in [5.41, 5.74) is 0. The van der Waals surface area contributed by atoms with Crippen LogP contribution in [0, 0.1) is 11.8 Å². The zero-order chi connectivity index (χ0) is 30.8. The summed E-state index contributed by atoms with van der Waals surface area (Å²) in [7, 11) is 7.00. The summed E-state index contributed by atoms with van der Waals surface area (Å²) >= 11 is 0. The molecule has 0 aromatic carbocycles. The zero-order valence-corrected chi connectivity index (χ0v) is 34.1. The average Bonchev–Trinajstić information content (AvgIpc) is 2.97. The van der Waals surface area contributed by atoms with E-state index in [1.807, 2.05) is 104 Å². The molecular formula is C28H60O6S6Si2. The molecule has 252 valence electrons. The molecule has 14 heteroatoms. The van der Waals surface area contributed by atoms with Gasteiger partial charge in [0.15, 0.2) is 0 Å². The van der Waals surface area contributed by atoms with Crippen LogP contribution >= 0.6 is 62.8 Å². The van der Waals surface area contributed by atoms with Gasteiger partial charge in [0.05, 0.1) is 0 Å². The van der Waals surface area contributed by atoms with Crippen LogP contribution in [-0.4, -0.2) is 80.3 Å². The van der Waals surface area contributed by atoms with Gasteiger partial charge in [-0.2, -0.15) is 0 Å². The second-order valence-electron chi connectivity index (χ2n) is 10.1. The molecule has 1 aliphatic carbocycles. The standard InChI is InChI=1S/C28H60O6S6Si2/c1-7-29-41(30-8-2,31-9-3)25-13-21-35-39-37-23-19-27-15-17-28(18-16-27)20-24-38-40-36-22-14-26-42(32-10-4,33-11-5)34-12-6/h27-28H,7-26H2,1-6H3. The molecule has 42 heavy (non-hydrogen) atoms. The van der Waals surface area contributed by atoms with Gasteiger partial charge in [0.25, 0.3) is 0 Å². The summed E-state index contributed by atoms with van der Waals surface area (Å²) in [6.07, 6.45) is 10.6. The number of hydrogen-bond donors (Lipinski definition) is 0. The number of hydrogen-bond acceptors (Lipinski definition) is 12. The minimum absolute atomic E-state index is 0.659. The molecule has 0 spiro atoms. The minimum Gasteiger partial charge on any atom is -0.374 e. The Labute approximate surface area is 284 Å². The van der Waals surface area contributed by atoms with Crippen LogP contribution < -0.4 is 0 Å². The largest absolute Gasteiger partial charge is 0.500 e. The van der Waals surface area contributed by atoms with E-state index in [1.165, 1.54) is 50.0 Å². The topological polar surface area (TPSA) is 55.4 Å². The smallest absolute Gasteiger partial charge is 0.374 e. The predicted molar refractivity (Wildman–Crippen MR) is 200 cm³/mol. The molecule has 0 aromatic rings. The van der Waals surface area contributed by atoms with Crippen molar-refractivity contribution < 1.29 is 26.6 Å². The third-order valence-corrected chi connectivity index (χ3v) is 22.0. The van der Waals surface area contributed by atoms with Crippen molar-refractivity contribution in [1.82, 2.24) is 0 Å². The van der Waals surface area contributed by atoms with Crippen molar-refractivity contribution >= 4 is 80.4 Å². The van der Waals surface area contributed by atoms with Gasteiger partial charge in [-0.1, -0.05) is 68.9 Å². The molecule has 0 aliphatic heterocycles. The highest BCUT2D eigenvalue weighted by atomic mass is 33.5. The van der Waals surface area contributed by atoms with Gasteiger partial charge in [-0.15, -0.1) is 0 Å². The highest BCUT2D eigenvalue weighted by Gasteiger charge is 2.40. The summed E-state index contributed by atoms with van der Waals surface area (Å²) in [5, 5.41) is 0. The Kier molecular flexibility index (Phi) is 28.5. The molecule has 0 amide bonds.